The molecule has 0 aromatic heterocycles. The monoisotopic (exact) mass is 304 g/mol. The standard InChI is InChI=1S/C17H36O4/c1-5-9-18-13-17(14-19-10-6-2,15-20-11-7-3)16-21-12-8-4/h5-16H2,1-4H3. The highest BCUT2D eigenvalue weighted by atomic mass is 16.5. The van der Waals surface area contributed by atoms with Gasteiger partial charge in [0.25, 0.3) is 0 Å². The van der Waals surface area contributed by atoms with E-state index in [9.17, 15) is 0 Å². The van der Waals surface area contributed by atoms with Crippen LogP contribution in [0.3, 0.4) is 0 Å². The molecule has 0 amide bonds. The first-order valence-corrected chi connectivity index (χ1v) is 8.55. The van der Waals surface area contributed by atoms with E-state index in [0.29, 0.717) is 26.4 Å². The van der Waals surface area contributed by atoms with Gasteiger partial charge in [-0.2, -0.15) is 0 Å². The molecule has 0 rings (SSSR count). The normalized spacial score (nSPS) is 12.0. The Labute approximate surface area is 131 Å². The number of ether oxygens (including phenoxy) is 4. The average molecular weight is 304 g/mol. The molecule has 0 aromatic carbocycles. The van der Waals surface area contributed by atoms with Gasteiger partial charge < -0.3 is 18.9 Å². The molecule has 4 heteroatoms. The van der Waals surface area contributed by atoms with Crippen LogP contribution < -0.4 is 0 Å². The summed E-state index contributed by atoms with van der Waals surface area (Å²) in [6, 6.07) is 0. The summed E-state index contributed by atoms with van der Waals surface area (Å²) in [5, 5.41) is 0. The molecule has 0 aliphatic carbocycles. The minimum atomic E-state index is -0.186. The van der Waals surface area contributed by atoms with Crippen molar-refractivity contribution in [3.63, 3.8) is 0 Å². The first-order chi connectivity index (χ1) is 10.2. The van der Waals surface area contributed by atoms with Gasteiger partial charge in [-0.05, 0) is 25.7 Å². The predicted octanol–water partition coefficient (Wildman–Crippen LogP) is 3.68. The second-order valence-electron chi connectivity index (χ2n) is 5.71. The van der Waals surface area contributed by atoms with Gasteiger partial charge in [0.15, 0.2) is 0 Å². The van der Waals surface area contributed by atoms with E-state index < -0.39 is 0 Å². The Hall–Kier alpha value is -0.160. The molecule has 0 N–H and O–H groups in total. The highest BCUT2D eigenvalue weighted by Gasteiger charge is 2.32. The first kappa shape index (κ1) is 20.8. The van der Waals surface area contributed by atoms with Gasteiger partial charge in [-0.15, -0.1) is 0 Å². The van der Waals surface area contributed by atoms with Crippen LogP contribution in [0.2, 0.25) is 0 Å². The summed E-state index contributed by atoms with van der Waals surface area (Å²) in [4.78, 5) is 0. The smallest absolute Gasteiger partial charge is 0.0637 e. The summed E-state index contributed by atoms with van der Waals surface area (Å²) in [6.45, 7) is 14.1. The Morgan fingerprint density at radius 3 is 0.905 bits per heavy atom. The molecule has 0 spiro atoms. The molecule has 0 unspecified atom stereocenters. The minimum Gasteiger partial charge on any atom is -0.381 e. The van der Waals surface area contributed by atoms with Crippen LogP contribution in [0.15, 0.2) is 0 Å². The third kappa shape index (κ3) is 11.1. The Kier molecular flexibility index (Phi) is 14.7. The molecule has 0 aromatic rings. The van der Waals surface area contributed by atoms with Gasteiger partial charge in [-0.3, -0.25) is 0 Å². The summed E-state index contributed by atoms with van der Waals surface area (Å²) in [5.74, 6) is 0. The highest BCUT2D eigenvalue weighted by molar-refractivity contribution is 4.79. The van der Waals surface area contributed by atoms with E-state index in [1.165, 1.54) is 0 Å². The van der Waals surface area contributed by atoms with Crippen molar-refractivity contribution in [2.45, 2.75) is 53.4 Å². The maximum atomic E-state index is 5.80. The van der Waals surface area contributed by atoms with Crippen molar-refractivity contribution < 1.29 is 18.9 Å². The van der Waals surface area contributed by atoms with Crippen molar-refractivity contribution in [1.29, 1.82) is 0 Å². The van der Waals surface area contributed by atoms with Gasteiger partial charge >= 0.3 is 0 Å². The van der Waals surface area contributed by atoms with Crippen LogP contribution in [0.25, 0.3) is 0 Å². The molecule has 0 aliphatic rings. The summed E-state index contributed by atoms with van der Waals surface area (Å²) < 4.78 is 23.2. The van der Waals surface area contributed by atoms with Crippen LogP contribution in [0.4, 0.5) is 0 Å². The molecule has 0 heterocycles. The van der Waals surface area contributed by atoms with E-state index in [2.05, 4.69) is 27.7 Å². The number of hydrogen-bond donors (Lipinski definition) is 0. The lowest BCUT2D eigenvalue weighted by molar-refractivity contribution is -0.106. The number of hydrogen-bond acceptors (Lipinski definition) is 4. The summed E-state index contributed by atoms with van der Waals surface area (Å²) in [6.07, 6.45) is 4.10. The van der Waals surface area contributed by atoms with Gasteiger partial charge in [0, 0.05) is 26.4 Å². The second kappa shape index (κ2) is 14.8. The van der Waals surface area contributed by atoms with Crippen molar-refractivity contribution in [2.75, 3.05) is 52.9 Å². The lowest BCUT2D eigenvalue weighted by Gasteiger charge is -2.33. The van der Waals surface area contributed by atoms with Gasteiger partial charge in [-0.25, -0.2) is 0 Å². The van der Waals surface area contributed by atoms with E-state index in [-0.39, 0.29) is 5.41 Å². The van der Waals surface area contributed by atoms with Crippen LogP contribution in [0, 0.1) is 5.41 Å². The van der Waals surface area contributed by atoms with Gasteiger partial charge in [0.1, 0.15) is 0 Å². The number of rotatable bonds is 16. The molecule has 0 bridgehead atoms. The summed E-state index contributed by atoms with van der Waals surface area (Å²) in [7, 11) is 0. The Morgan fingerprint density at radius 2 is 0.714 bits per heavy atom. The van der Waals surface area contributed by atoms with Crippen molar-refractivity contribution in [3.05, 3.63) is 0 Å². The molecule has 4 nitrogen and oxygen atoms in total. The molecule has 128 valence electrons. The van der Waals surface area contributed by atoms with E-state index in [1.54, 1.807) is 0 Å². The molecule has 0 aliphatic heterocycles. The van der Waals surface area contributed by atoms with E-state index in [1.807, 2.05) is 0 Å². The fraction of sp³-hybridized carbons (Fsp3) is 1.00. The van der Waals surface area contributed by atoms with Crippen molar-refractivity contribution >= 4 is 0 Å². The zero-order valence-corrected chi connectivity index (χ0v) is 14.6. The van der Waals surface area contributed by atoms with Crippen molar-refractivity contribution in [3.8, 4) is 0 Å². The maximum Gasteiger partial charge on any atom is 0.0637 e. The van der Waals surface area contributed by atoms with Gasteiger partial charge in [0.2, 0.25) is 0 Å². The largest absolute Gasteiger partial charge is 0.381 e. The minimum absolute atomic E-state index is 0.186. The fourth-order valence-electron chi connectivity index (χ4n) is 1.98. The third-order valence-corrected chi connectivity index (χ3v) is 3.03. The van der Waals surface area contributed by atoms with Crippen LogP contribution in [0.1, 0.15) is 53.4 Å². The van der Waals surface area contributed by atoms with Crippen LogP contribution in [-0.4, -0.2) is 52.9 Å². The van der Waals surface area contributed by atoms with Crippen LogP contribution >= 0.6 is 0 Å². The van der Waals surface area contributed by atoms with Gasteiger partial charge in [0.05, 0.1) is 31.8 Å². The van der Waals surface area contributed by atoms with E-state index in [4.69, 9.17) is 18.9 Å². The molecular weight excluding hydrogens is 268 g/mol. The molecule has 0 atom stereocenters. The highest BCUT2D eigenvalue weighted by Crippen LogP contribution is 2.21. The lowest BCUT2D eigenvalue weighted by Crippen LogP contribution is -2.42. The molecule has 21 heavy (non-hydrogen) atoms. The molecule has 0 radical (unpaired) electrons. The first-order valence-electron chi connectivity index (χ1n) is 8.55. The zero-order chi connectivity index (χ0) is 15.8. The average Bonchev–Trinajstić information content (AvgIpc) is 2.48. The quantitative estimate of drug-likeness (QED) is 0.408. The maximum absolute atomic E-state index is 5.80. The van der Waals surface area contributed by atoms with E-state index in [0.717, 1.165) is 52.1 Å². The summed E-state index contributed by atoms with van der Waals surface area (Å²) in [5.41, 5.74) is -0.186. The van der Waals surface area contributed by atoms with Crippen LogP contribution in [0.5, 0.6) is 0 Å². The zero-order valence-electron chi connectivity index (χ0n) is 14.6. The molecule has 0 fully saturated rings. The predicted molar refractivity (Wildman–Crippen MR) is 86.9 cm³/mol. The van der Waals surface area contributed by atoms with Gasteiger partial charge in [-0.1, -0.05) is 27.7 Å². The Morgan fingerprint density at radius 1 is 0.476 bits per heavy atom. The van der Waals surface area contributed by atoms with Crippen molar-refractivity contribution in [2.24, 2.45) is 5.41 Å². The fourth-order valence-corrected chi connectivity index (χ4v) is 1.98. The second-order valence-corrected chi connectivity index (χ2v) is 5.71. The van der Waals surface area contributed by atoms with Crippen LogP contribution in [-0.2, 0) is 18.9 Å². The SMILES string of the molecule is CCCOCC(COCCC)(COCCC)COCCC. The molecule has 0 saturated heterocycles. The Bertz CT molecular complexity index is 163. The molecule has 0 saturated carbocycles. The molecular formula is C17H36O4. The van der Waals surface area contributed by atoms with Crippen molar-refractivity contribution in [1.82, 2.24) is 0 Å². The Balaban J connectivity index is 4.52. The van der Waals surface area contributed by atoms with E-state index >= 15 is 0 Å². The lowest BCUT2D eigenvalue weighted by atomic mass is 9.92. The summed E-state index contributed by atoms with van der Waals surface area (Å²) >= 11 is 0. The topological polar surface area (TPSA) is 36.9 Å². The third-order valence-electron chi connectivity index (χ3n) is 3.03.